The topological polar surface area (TPSA) is 94.2 Å². The Hall–Kier alpha value is -2.91. The highest BCUT2D eigenvalue weighted by Crippen LogP contribution is 2.32. The van der Waals surface area contributed by atoms with Crippen LogP contribution in [0.5, 0.6) is 5.75 Å². The molecule has 3 heterocycles. The number of thiophene rings is 1. The number of anilines is 1. The van der Waals surface area contributed by atoms with Gasteiger partial charge < -0.3 is 24.4 Å². The average Bonchev–Trinajstić information content (AvgIpc) is 3.32. The summed E-state index contributed by atoms with van der Waals surface area (Å²) in [6.45, 7) is 0.258. The van der Waals surface area contributed by atoms with Crippen LogP contribution in [-0.4, -0.2) is 61.7 Å². The van der Waals surface area contributed by atoms with Gasteiger partial charge in [0.25, 0.3) is 11.8 Å². The molecule has 0 bridgehead atoms. The van der Waals surface area contributed by atoms with Crippen molar-refractivity contribution in [1.82, 2.24) is 4.90 Å². The minimum Gasteiger partial charge on any atom is -0.490 e. The lowest BCUT2D eigenvalue weighted by Crippen LogP contribution is -2.53. The Bertz CT molecular complexity index is 976. The van der Waals surface area contributed by atoms with Gasteiger partial charge in [0.05, 0.1) is 36.1 Å². The van der Waals surface area contributed by atoms with Gasteiger partial charge in [0.1, 0.15) is 18.5 Å². The molecule has 0 saturated carbocycles. The Kier molecular flexibility index (Phi) is 6.24. The zero-order chi connectivity index (χ0) is 22.0. The monoisotopic (exact) mass is 444 g/mol. The second-order valence-corrected chi connectivity index (χ2v) is 8.54. The van der Waals surface area contributed by atoms with Crippen LogP contribution < -0.4 is 10.1 Å². The van der Waals surface area contributed by atoms with Crippen LogP contribution in [0.25, 0.3) is 0 Å². The Morgan fingerprint density at radius 1 is 1.29 bits per heavy atom. The van der Waals surface area contributed by atoms with E-state index in [0.717, 1.165) is 0 Å². The number of hydrogen-bond donors (Lipinski definition) is 1. The van der Waals surface area contributed by atoms with E-state index in [2.05, 4.69) is 5.32 Å². The van der Waals surface area contributed by atoms with Crippen LogP contribution in [0.2, 0.25) is 0 Å². The van der Waals surface area contributed by atoms with Gasteiger partial charge in [-0.25, -0.2) is 0 Å². The molecule has 0 spiro atoms. The smallest absolute Gasteiger partial charge is 0.308 e. The molecule has 1 aromatic carbocycles. The van der Waals surface area contributed by atoms with Gasteiger partial charge in [-0.1, -0.05) is 6.07 Å². The third-order valence-corrected chi connectivity index (χ3v) is 6.51. The zero-order valence-electron chi connectivity index (χ0n) is 17.3. The quantitative estimate of drug-likeness (QED) is 0.729. The highest BCUT2D eigenvalue weighted by atomic mass is 32.1. The standard InChI is InChI=1S/C22H24N2O6S/c1-24-16-7-6-14(11-20(25)28-2)30-18(16)12-29-17-8-5-13(10-15(17)22(24)27)23-21(26)19-4-3-9-31-19/h3-5,8-10,14,16,18H,6-7,11-12H2,1-2H3,(H,23,26)/t14-,16-,18-/m1/s1. The zero-order valence-corrected chi connectivity index (χ0v) is 18.1. The summed E-state index contributed by atoms with van der Waals surface area (Å²) in [4.78, 5) is 39.4. The summed E-state index contributed by atoms with van der Waals surface area (Å²) in [5.74, 6) is -0.308. The van der Waals surface area contributed by atoms with Crippen LogP contribution in [0.3, 0.4) is 0 Å². The molecule has 9 heteroatoms. The molecule has 164 valence electrons. The fourth-order valence-corrected chi connectivity index (χ4v) is 4.59. The molecule has 0 unspecified atom stereocenters. The van der Waals surface area contributed by atoms with Crippen molar-refractivity contribution >= 4 is 34.8 Å². The van der Waals surface area contributed by atoms with E-state index >= 15 is 0 Å². The van der Waals surface area contributed by atoms with Crippen LogP contribution in [0.15, 0.2) is 35.7 Å². The third-order valence-electron chi connectivity index (χ3n) is 5.64. The predicted octanol–water partition coefficient (Wildman–Crippen LogP) is 2.94. The first-order valence-electron chi connectivity index (χ1n) is 10.1. The second kappa shape index (κ2) is 9.07. The molecule has 1 saturated heterocycles. The van der Waals surface area contributed by atoms with Crippen molar-refractivity contribution in [2.75, 3.05) is 26.1 Å². The number of rotatable bonds is 4. The fourth-order valence-electron chi connectivity index (χ4n) is 3.97. The molecule has 31 heavy (non-hydrogen) atoms. The third kappa shape index (κ3) is 4.57. The lowest BCUT2D eigenvalue weighted by Gasteiger charge is -2.42. The van der Waals surface area contributed by atoms with E-state index in [1.165, 1.54) is 18.4 Å². The first kappa shape index (κ1) is 21.3. The molecule has 2 amide bonds. The maximum Gasteiger partial charge on any atom is 0.308 e. The van der Waals surface area contributed by atoms with E-state index in [-0.39, 0.29) is 49.1 Å². The van der Waals surface area contributed by atoms with Crippen LogP contribution in [0, 0.1) is 0 Å². The lowest BCUT2D eigenvalue weighted by atomic mass is 9.94. The molecule has 0 radical (unpaired) electrons. The molecule has 2 aliphatic heterocycles. The highest BCUT2D eigenvalue weighted by Gasteiger charge is 2.39. The van der Waals surface area contributed by atoms with E-state index in [9.17, 15) is 14.4 Å². The average molecular weight is 445 g/mol. The van der Waals surface area contributed by atoms with Gasteiger partial charge in [-0.2, -0.15) is 0 Å². The molecular weight excluding hydrogens is 420 g/mol. The van der Waals surface area contributed by atoms with Crippen molar-refractivity contribution in [3.8, 4) is 5.75 Å². The van der Waals surface area contributed by atoms with Crippen molar-refractivity contribution in [3.05, 3.63) is 46.2 Å². The lowest BCUT2D eigenvalue weighted by molar-refractivity contribution is -0.151. The number of benzene rings is 1. The van der Waals surface area contributed by atoms with Crippen molar-refractivity contribution < 1.29 is 28.6 Å². The number of likely N-dealkylation sites (N-methyl/N-ethyl adjacent to an activating group) is 1. The number of nitrogens with one attached hydrogen (secondary N) is 1. The van der Waals surface area contributed by atoms with E-state index in [0.29, 0.717) is 34.7 Å². The van der Waals surface area contributed by atoms with Crippen molar-refractivity contribution in [3.63, 3.8) is 0 Å². The molecule has 1 fully saturated rings. The first-order valence-corrected chi connectivity index (χ1v) is 11.0. The Morgan fingerprint density at radius 2 is 2.13 bits per heavy atom. The number of fused-ring (bicyclic) bond motifs is 2. The summed E-state index contributed by atoms with van der Waals surface area (Å²) in [5, 5.41) is 4.66. The Balaban J connectivity index is 1.52. The molecule has 2 aromatic rings. The van der Waals surface area contributed by atoms with Gasteiger partial charge in [0.15, 0.2) is 0 Å². The summed E-state index contributed by atoms with van der Waals surface area (Å²) in [6, 6.07) is 8.42. The van der Waals surface area contributed by atoms with Gasteiger partial charge >= 0.3 is 5.97 Å². The van der Waals surface area contributed by atoms with Gasteiger partial charge in [-0.3, -0.25) is 14.4 Å². The van der Waals surface area contributed by atoms with E-state index < -0.39 is 0 Å². The number of amides is 2. The molecule has 4 rings (SSSR count). The summed E-state index contributed by atoms with van der Waals surface area (Å²) in [5.41, 5.74) is 0.916. The molecule has 1 aromatic heterocycles. The normalized spacial score (nSPS) is 23.0. The van der Waals surface area contributed by atoms with Gasteiger partial charge in [-0.05, 0) is 42.5 Å². The summed E-state index contributed by atoms with van der Waals surface area (Å²) in [7, 11) is 3.10. The number of methoxy groups -OCH3 is 1. The van der Waals surface area contributed by atoms with Crippen LogP contribution >= 0.6 is 11.3 Å². The Morgan fingerprint density at radius 3 is 2.87 bits per heavy atom. The number of hydrogen-bond acceptors (Lipinski definition) is 7. The van der Waals surface area contributed by atoms with Crippen LogP contribution in [0.4, 0.5) is 5.69 Å². The molecular formula is C22H24N2O6S. The van der Waals surface area contributed by atoms with Crippen molar-refractivity contribution in [2.24, 2.45) is 0 Å². The van der Waals surface area contributed by atoms with Gasteiger partial charge in [0, 0.05) is 12.7 Å². The van der Waals surface area contributed by atoms with Crippen molar-refractivity contribution in [2.45, 2.75) is 37.5 Å². The number of carbonyl (C=O) groups excluding carboxylic acids is 3. The second-order valence-electron chi connectivity index (χ2n) is 7.59. The predicted molar refractivity (Wildman–Crippen MR) is 115 cm³/mol. The Labute approximate surface area is 184 Å². The number of carbonyl (C=O) groups is 3. The fraction of sp³-hybridized carbons (Fsp3) is 0.409. The summed E-state index contributed by atoms with van der Waals surface area (Å²) < 4.78 is 16.7. The van der Waals surface area contributed by atoms with Crippen LogP contribution in [0.1, 0.15) is 39.3 Å². The van der Waals surface area contributed by atoms with Gasteiger partial charge in [0.2, 0.25) is 0 Å². The molecule has 0 aliphatic carbocycles. The highest BCUT2D eigenvalue weighted by molar-refractivity contribution is 7.12. The first-order chi connectivity index (χ1) is 15.0. The van der Waals surface area contributed by atoms with E-state index in [1.807, 2.05) is 11.4 Å². The molecule has 3 atom stereocenters. The molecule has 1 N–H and O–H groups in total. The number of nitrogens with zero attached hydrogens (tertiary/aromatic N) is 1. The van der Waals surface area contributed by atoms with Crippen molar-refractivity contribution in [1.29, 1.82) is 0 Å². The number of ether oxygens (including phenoxy) is 3. The summed E-state index contributed by atoms with van der Waals surface area (Å²) in [6.07, 6.45) is 0.930. The van der Waals surface area contributed by atoms with E-state index in [1.54, 1.807) is 36.2 Å². The minimum atomic E-state index is -0.344. The van der Waals surface area contributed by atoms with E-state index in [4.69, 9.17) is 14.2 Å². The van der Waals surface area contributed by atoms with Gasteiger partial charge in [-0.15, -0.1) is 11.3 Å². The maximum absolute atomic E-state index is 13.2. The van der Waals surface area contributed by atoms with Crippen LogP contribution in [-0.2, 0) is 14.3 Å². The number of esters is 1. The molecule has 2 aliphatic rings. The summed E-state index contributed by atoms with van der Waals surface area (Å²) >= 11 is 1.35. The largest absolute Gasteiger partial charge is 0.490 e. The minimum absolute atomic E-state index is 0.168. The SMILES string of the molecule is COC(=O)C[C@H]1CC[C@@H]2[C@@H](COc3ccc(NC(=O)c4cccs4)cc3C(=O)N2C)O1. The maximum atomic E-state index is 13.2. The molecule has 8 nitrogen and oxygen atoms in total.